The van der Waals surface area contributed by atoms with E-state index >= 15 is 0 Å². The molecule has 1 aliphatic rings. The van der Waals surface area contributed by atoms with Gasteiger partial charge in [0.05, 0.1) is 16.8 Å². The summed E-state index contributed by atoms with van der Waals surface area (Å²) in [5, 5.41) is 14.6. The van der Waals surface area contributed by atoms with Gasteiger partial charge in [0.1, 0.15) is 0 Å². The molecule has 124 valence electrons. The van der Waals surface area contributed by atoms with Crippen LogP contribution in [0.2, 0.25) is 0 Å². The molecule has 3 rings (SSSR count). The summed E-state index contributed by atoms with van der Waals surface area (Å²) in [5.41, 5.74) is 2.46. The highest BCUT2D eigenvalue weighted by atomic mass is 32.1. The standard InChI is InChI=1S/C19H26N2OS/c1-13(20-16-8-10-17(22)11-9-16)19-14(2)21-18(23-19)12-15-6-4-3-5-7-15/h3-7,13,16-17,20,22H,8-12H2,1-2H3. The van der Waals surface area contributed by atoms with Crippen LogP contribution in [0.1, 0.15) is 59.8 Å². The molecule has 2 aromatic rings. The highest BCUT2D eigenvalue weighted by Crippen LogP contribution is 2.28. The van der Waals surface area contributed by atoms with Gasteiger partial charge in [0, 0.05) is 23.4 Å². The van der Waals surface area contributed by atoms with Gasteiger partial charge in [-0.1, -0.05) is 30.3 Å². The van der Waals surface area contributed by atoms with Gasteiger partial charge in [0.25, 0.3) is 0 Å². The molecule has 1 aromatic carbocycles. The van der Waals surface area contributed by atoms with Gasteiger partial charge >= 0.3 is 0 Å². The maximum absolute atomic E-state index is 9.63. The number of aliphatic hydroxyl groups is 1. The molecule has 0 aliphatic heterocycles. The Morgan fingerprint density at radius 2 is 1.91 bits per heavy atom. The summed E-state index contributed by atoms with van der Waals surface area (Å²) in [4.78, 5) is 6.12. The number of rotatable bonds is 5. The monoisotopic (exact) mass is 330 g/mol. The van der Waals surface area contributed by atoms with E-state index in [0.717, 1.165) is 37.8 Å². The number of aryl methyl sites for hydroxylation is 1. The fourth-order valence-electron chi connectivity index (χ4n) is 3.39. The molecule has 1 aromatic heterocycles. The molecule has 0 radical (unpaired) electrons. The molecule has 2 N–H and O–H groups in total. The van der Waals surface area contributed by atoms with E-state index in [1.165, 1.54) is 15.4 Å². The third-order valence-corrected chi connectivity index (χ3v) is 5.99. The van der Waals surface area contributed by atoms with Crippen LogP contribution in [0.15, 0.2) is 30.3 Å². The molecule has 1 saturated carbocycles. The number of benzene rings is 1. The van der Waals surface area contributed by atoms with Crippen LogP contribution >= 0.6 is 11.3 Å². The number of hydrogen-bond acceptors (Lipinski definition) is 4. The van der Waals surface area contributed by atoms with Crippen molar-refractivity contribution in [3.8, 4) is 0 Å². The maximum Gasteiger partial charge on any atom is 0.0975 e. The first-order chi connectivity index (χ1) is 11.1. The predicted octanol–water partition coefficient (Wildman–Crippen LogP) is 4.00. The van der Waals surface area contributed by atoms with Crippen molar-refractivity contribution >= 4 is 11.3 Å². The molecule has 3 nitrogen and oxygen atoms in total. The summed E-state index contributed by atoms with van der Waals surface area (Å²) in [5.74, 6) is 0. The second-order valence-corrected chi connectivity index (χ2v) is 7.73. The molecule has 1 heterocycles. The highest BCUT2D eigenvalue weighted by molar-refractivity contribution is 7.11. The van der Waals surface area contributed by atoms with Crippen LogP contribution in [0.25, 0.3) is 0 Å². The Balaban J connectivity index is 1.63. The normalized spacial score (nSPS) is 22.9. The topological polar surface area (TPSA) is 45.2 Å². The van der Waals surface area contributed by atoms with E-state index in [9.17, 15) is 5.11 Å². The Hall–Kier alpha value is -1.23. The molecule has 1 atom stereocenters. The third kappa shape index (κ3) is 4.40. The van der Waals surface area contributed by atoms with Crippen LogP contribution in [-0.2, 0) is 6.42 Å². The second kappa shape index (κ2) is 7.56. The number of nitrogens with zero attached hydrogens (tertiary/aromatic N) is 1. The third-order valence-electron chi connectivity index (χ3n) is 4.65. The second-order valence-electron chi connectivity index (χ2n) is 6.61. The average Bonchev–Trinajstić information content (AvgIpc) is 2.91. The van der Waals surface area contributed by atoms with Crippen LogP contribution < -0.4 is 5.32 Å². The number of hydrogen-bond donors (Lipinski definition) is 2. The number of aromatic nitrogens is 1. The van der Waals surface area contributed by atoms with Crippen molar-refractivity contribution < 1.29 is 5.11 Å². The smallest absolute Gasteiger partial charge is 0.0975 e. The predicted molar refractivity (Wildman–Crippen MR) is 95.9 cm³/mol. The lowest BCUT2D eigenvalue weighted by atomic mass is 9.92. The molecular formula is C19H26N2OS. The van der Waals surface area contributed by atoms with Crippen LogP contribution in [0.5, 0.6) is 0 Å². The lowest BCUT2D eigenvalue weighted by Crippen LogP contribution is -2.36. The van der Waals surface area contributed by atoms with Gasteiger partial charge in [-0.05, 0) is 45.1 Å². The van der Waals surface area contributed by atoms with Crippen LogP contribution in [-0.4, -0.2) is 22.2 Å². The number of thiazole rings is 1. The molecule has 1 aliphatic carbocycles. The van der Waals surface area contributed by atoms with Crippen molar-refractivity contribution in [3.63, 3.8) is 0 Å². The van der Waals surface area contributed by atoms with E-state index < -0.39 is 0 Å². The lowest BCUT2D eigenvalue weighted by molar-refractivity contribution is 0.114. The lowest BCUT2D eigenvalue weighted by Gasteiger charge is -2.28. The summed E-state index contributed by atoms with van der Waals surface area (Å²) < 4.78 is 0. The van der Waals surface area contributed by atoms with Crippen LogP contribution in [0.3, 0.4) is 0 Å². The minimum Gasteiger partial charge on any atom is -0.393 e. The van der Waals surface area contributed by atoms with Crippen LogP contribution in [0, 0.1) is 6.92 Å². The zero-order valence-electron chi connectivity index (χ0n) is 14.0. The Morgan fingerprint density at radius 1 is 1.22 bits per heavy atom. The van der Waals surface area contributed by atoms with Crippen LogP contribution in [0.4, 0.5) is 0 Å². The van der Waals surface area contributed by atoms with E-state index in [2.05, 4.69) is 49.5 Å². The van der Waals surface area contributed by atoms with Gasteiger partial charge in [-0.15, -0.1) is 11.3 Å². The van der Waals surface area contributed by atoms with Crippen molar-refractivity contribution in [1.82, 2.24) is 10.3 Å². The maximum atomic E-state index is 9.63. The molecule has 1 unspecified atom stereocenters. The van der Waals surface area contributed by atoms with E-state index in [4.69, 9.17) is 4.98 Å². The summed E-state index contributed by atoms with van der Waals surface area (Å²) in [6.07, 6.45) is 4.80. The first-order valence-electron chi connectivity index (χ1n) is 8.56. The van der Waals surface area contributed by atoms with Gasteiger partial charge in [0.2, 0.25) is 0 Å². The number of nitrogens with one attached hydrogen (secondary N) is 1. The van der Waals surface area contributed by atoms with Crippen molar-refractivity contribution in [3.05, 3.63) is 51.5 Å². The molecule has 0 amide bonds. The summed E-state index contributed by atoms with van der Waals surface area (Å²) in [6.45, 7) is 4.35. The van der Waals surface area contributed by atoms with Gasteiger partial charge in [-0.25, -0.2) is 4.98 Å². The SMILES string of the molecule is Cc1nc(Cc2ccccc2)sc1C(C)NC1CCC(O)CC1. The minimum atomic E-state index is -0.0917. The molecule has 0 saturated heterocycles. The summed E-state index contributed by atoms with van der Waals surface area (Å²) in [6, 6.07) is 11.4. The first kappa shape index (κ1) is 16.6. The molecule has 1 fully saturated rings. The van der Waals surface area contributed by atoms with Crippen molar-refractivity contribution in [1.29, 1.82) is 0 Å². The van der Waals surface area contributed by atoms with Crippen molar-refractivity contribution in [2.24, 2.45) is 0 Å². The fraction of sp³-hybridized carbons (Fsp3) is 0.526. The molecule has 0 spiro atoms. The zero-order valence-corrected chi connectivity index (χ0v) is 14.8. The van der Waals surface area contributed by atoms with Gasteiger partial charge < -0.3 is 10.4 Å². The van der Waals surface area contributed by atoms with Gasteiger partial charge in [0.15, 0.2) is 0 Å². The summed E-state index contributed by atoms with van der Waals surface area (Å²) >= 11 is 1.83. The number of aliphatic hydroxyl groups excluding tert-OH is 1. The fourth-order valence-corrected chi connectivity index (χ4v) is 4.50. The Bertz CT molecular complexity index is 618. The van der Waals surface area contributed by atoms with E-state index in [0.29, 0.717) is 12.1 Å². The quantitative estimate of drug-likeness (QED) is 0.871. The van der Waals surface area contributed by atoms with Gasteiger partial charge in [-0.2, -0.15) is 0 Å². The first-order valence-corrected chi connectivity index (χ1v) is 9.37. The Morgan fingerprint density at radius 3 is 2.61 bits per heavy atom. The van der Waals surface area contributed by atoms with E-state index in [1.807, 2.05) is 11.3 Å². The Kier molecular flexibility index (Phi) is 5.46. The minimum absolute atomic E-state index is 0.0917. The molecule has 0 bridgehead atoms. The summed E-state index contributed by atoms with van der Waals surface area (Å²) in [7, 11) is 0. The van der Waals surface area contributed by atoms with Crippen molar-refractivity contribution in [2.45, 2.75) is 64.1 Å². The zero-order chi connectivity index (χ0) is 16.2. The Labute approximate surface area is 142 Å². The molecule has 23 heavy (non-hydrogen) atoms. The van der Waals surface area contributed by atoms with E-state index in [1.54, 1.807) is 0 Å². The average molecular weight is 330 g/mol. The molecular weight excluding hydrogens is 304 g/mol. The van der Waals surface area contributed by atoms with E-state index in [-0.39, 0.29) is 6.10 Å². The largest absolute Gasteiger partial charge is 0.393 e. The van der Waals surface area contributed by atoms with Crippen molar-refractivity contribution in [2.75, 3.05) is 0 Å². The van der Waals surface area contributed by atoms with Gasteiger partial charge in [-0.3, -0.25) is 0 Å². The highest BCUT2D eigenvalue weighted by Gasteiger charge is 2.22. The molecule has 4 heteroatoms.